The first-order chi connectivity index (χ1) is 11.3. The van der Waals surface area contributed by atoms with Crippen LogP contribution in [0.1, 0.15) is 5.56 Å². The molecule has 0 radical (unpaired) electrons. The highest BCUT2D eigenvalue weighted by Gasteiger charge is 2.15. The highest BCUT2D eigenvalue weighted by molar-refractivity contribution is 5.90. The molecule has 1 N–H and O–H groups in total. The Bertz CT molecular complexity index is 889. The van der Waals surface area contributed by atoms with Crippen molar-refractivity contribution in [1.82, 2.24) is 4.57 Å². The number of carbonyl (C=O) groups excluding carboxylic acids is 1. The molecule has 0 aliphatic heterocycles. The van der Waals surface area contributed by atoms with Gasteiger partial charge in [-0.2, -0.15) is 0 Å². The minimum Gasteiger partial charge on any atom is -0.324 e. The number of carbonyl (C=O) groups is 1. The number of nitrogens with one attached hydrogen (secondary N) is 1. The zero-order chi connectivity index (χ0) is 17.9. The summed E-state index contributed by atoms with van der Waals surface area (Å²) in [4.78, 5) is 44.1. The van der Waals surface area contributed by atoms with Gasteiger partial charge in [0.15, 0.2) is 0 Å². The number of rotatable bonds is 5. The number of anilines is 1. The summed E-state index contributed by atoms with van der Waals surface area (Å²) >= 11 is 0. The first kappa shape index (κ1) is 16.8. The molecule has 0 unspecified atom stereocenters. The molecule has 0 bridgehead atoms. The second-order valence-electron chi connectivity index (χ2n) is 4.92. The number of hydrogen-bond donors (Lipinski definition) is 1. The zero-order valence-corrected chi connectivity index (χ0v) is 12.5. The Morgan fingerprint density at radius 2 is 1.92 bits per heavy atom. The number of nitro benzene ring substituents is 1. The first-order valence-corrected chi connectivity index (χ1v) is 6.67. The second kappa shape index (κ2) is 6.69. The molecule has 1 amide bonds. The van der Waals surface area contributed by atoms with Crippen LogP contribution in [-0.2, 0) is 11.3 Å². The lowest BCUT2D eigenvalue weighted by Crippen LogP contribution is -2.27. The third-order valence-corrected chi connectivity index (χ3v) is 3.16. The topological polar surface area (TPSA) is 137 Å². The molecule has 0 saturated heterocycles. The molecule has 10 heteroatoms. The molecule has 0 spiro atoms. The van der Waals surface area contributed by atoms with E-state index in [1.54, 1.807) is 0 Å². The summed E-state index contributed by atoms with van der Waals surface area (Å²) in [6, 6.07) is 6.35. The van der Waals surface area contributed by atoms with E-state index in [0.717, 1.165) is 22.9 Å². The van der Waals surface area contributed by atoms with Crippen molar-refractivity contribution in [1.29, 1.82) is 0 Å². The van der Waals surface area contributed by atoms with Gasteiger partial charge in [0.1, 0.15) is 6.54 Å². The molecule has 124 valence electrons. The minimum atomic E-state index is -0.649. The van der Waals surface area contributed by atoms with Crippen molar-refractivity contribution in [3.63, 3.8) is 0 Å². The number of non-ortho nitro benzene ring substituents is 1. The maximum absolute atomic E-state index is 12.0. The van der Waals surface area contributed by atoms with Crippen LogP contribution in [0.3, 0.4) is 0 Å². The van der Waals surface area contributed by atoms with Gasteiger partial charge in [-0.3, -0.25) is 34.4 Å². The highest BCUT2D eigenvalue weighted by atomic mass is 16.6. The Morgan fingerprint density at radius 3 is 2.54 bits per heavy atom. The number of pyridine rings is 1. The molecule has 0 aliphatic carbocycles. The summed E-state index contributed by atoms with van der Waals surface area (Å²) in [6.45, 7) is 0.968. The van der Waals surface area contributed by atoms with Gasteiger partial charge in [0.05, 0.1) is 16.0 Å². The molecule has 0 fully saturated rings. The van der Waals surface area contributed by atoms with Crippen LogP contribution in [0.4, 0.5) is 17.1 Å². The van der Waals surface area contributed by atoms with Gasteiger partial charge >= 0.3 is 0 Å². The van der Waals surface area contributed by atoms with Gasteiger partial charge < -0.3 is 5.32 Å². The number of nitro groups is 2. The predicted molar refractivity (Wildman–Crippen MR) is 83.8 cm³/mol. The molecule has 10 nitrogen and oxygen atoms in total. The van der Waals surface area contributed by atoms with Crippen LogP contribution in [0.5, 0.6) is 0 Å². The SMILES string of the molecule is Cc1cc(=O)n(CC(=O)Nc2cccc([N+](=O)[O-])c2)cc1[N+](=O)[O-]. The monoisotopic (exact) mass is 332 g/mol. The molecule has 1 aromatic heterocycles. The molecular formula is C14H12N4O6. The number of benzene rings is 1. The first-order valence-electron chi connectivity index (χ1n) is 6.67. The van der Waals surface area contributed by atoms with E-state index in [0.29, 0.717) is 0 Å². The van der Waals surface area contributed by atoms with Gasteiger partial charge in [-0.1, -0.05) is 6.07 Å². The molecule has 2 rings (SSSR count). The smallest absolute Gasteiger partial charge is 0.288 e. The van der Waals surface area contributed by atoms with Gasteiger partial charge in [0.2, 0.25) is 5.91 Å². The maximum Gasteiger partial charge on any atom is 0.288 e. The molecule has 0 saturated carbocycles. The normalized spacial score (nSPS) is 10.2. The summed E-state index contributed by atoms with van der Waals surface area (Å²) in [5, 5.41) is 24.0. The van der Waals surface area contributed by atoms with Gasteiger partial charge in [0, 0.05) is 29.4 Å². The summed E-state index contributed by atoms with van der Waals surface area (Å²) in [5.41, 5.74) is -0.662. The van der Waals surface area contributed by atoms with Crippen molar-refractivity contribution in [3.8, 4) is 0 Å². The van der Waals surface area contributed by atoms with E-state index in [1.165, 1.54) is 25.1 Å². The summed E-state index contributed by atoms with van der Waals surface area (Å²) in [5.74, 6) is -0.643. The second-order valence-corrected chi connectivity index (χ2v) is 4.92. The van der Waals surface area contributed by atoms with E-state index in [4.69, 9.17) is 0 Å². The summed E-state index contributed by atoms with van der Waals surface area (Å²) < 4.78 is 0.901. The molecule has 0 atom stereocenters. The quantitative estimate of drug-likeness (QED) is 0.652. The molecule has 1 heterocycles. The van der Waals surface area contributed by atoms with Crippen molar-refractivity contribution in [2.75, 3.05) is 5.32 Å². The fraction of sp³-hybridized carbons (Fsp3) is 0.143. The van der Waals surface area contributed by atoms with Crippen molar-refractivity contribution in [3.05, 3.63) is 72.7 Å². The lowest BCUT2D eigenvalue weighted by Gasteiger charge is -2.08. The lowest BCUT2D eigenvalue weighted by atomic mass is 10.2. The van der Waals surface area contributed by atoms with E-state index < -0.39 is 27.9 Å². The van der Waals surface area contributed by atoms with Crippen molar-refractivity contribution < 1.29 is 14.6 Å². The van der Waals surface area contributed by atoms with Crippen LogP contribution < -0.4 is 10.9 Å². The van der Waals surface area contributed by atoms with Crippen LogP contribution in [-0.4, -0.2) is 20.3 Å². The van der Waals surface area contributed by atoms with Gasteiger partial charge in [0.25, 0.3) is 16.9 Å². The van der Waals surface area contributed by atoms with Crippen molar-refractivity contribution >= 4 is 23.0 Å². The lowest BCUT2D eigenvalue weighted by molar-refractivity contribution is -0.385. The molecule has 2 aromatic rings. The van der Waals surface area contributed by atoms with E-state index in [1.807, 2.05) is 0 Å². The van der Waals surface area contributed by atoms with Crippen LogP contribution in [0.25, 0.3) is 0 Å². The number of hydrogen-bond acceptors (Lipinski definition) is 6. The van der Waals surface area contributed by atoms with Crippen LogP contribution in [0, 0.1) is 27.2 Å². The van der Waals surface area contributed by atoms with Crippen LogP contribution >= 0.6 is 0 Å². The average molecular weight is 332 g/mol. The van der Waals surface area contributed by atoms with Crippen LogP contribution in [0.2, 0.25) is 0 Å². The fourth-order valence-corrected chi connectivity index (χ4v) is 2.02. The van der Waals surface area contributed by atoms with Crippen molar-refractivity contribution in [2.45, 2.75) is 13.5 Å². The Balaban J connectivity index is 2.20. The predicted octanol–water partition coefficient (Wildman–Crippen LogP) is 1.61. The minimum absolute atomic E-state index is 0.184. The third kappa shape index (κ3) is 3.80. The number of amides is 1. The Hall–Kier alpha value is -3.56. The maximum atomic E-state index is 12.0. The number of aromatic nitrogens is 1. The Labute approximate surface area is 134 Å². The average Bonchev–Trinajstić information content (AvgIpc) is 2.49. The van der Waals surface area contributed by atoms with Gasteiger partial charge in [-0.25, -0.2) is 0 Å². The fourth-order valence-electron chi connectivity index (χ4n) is 2.02. The van der Waals surface area contributed by atoms with Gasteiger partial charge in [-0.15, -0.1) is 0 Å². The Morgan fingerprint density at radius 1 is 1.21 bits per heavy atom. The van der Waals surface area contributed by atoms with E-state index >= 15 is 0 Å². The third-order valence-electron chi connectivity index (χ3n) is 3.16. The Kier molecular flexibility index (Phi) is 4.68. The molecule has 24 heavy (non-hydrogen) atoms. The van der Waals surface area contributed by atoms with Crippen molar-refractivity contribution in [2.24, 2.45) is 0 Å². The number of aryl methyl sites for hydroxylation is 1. The summed E-state index contributed by atoms with van der Waals surface area (Å²) in [6.07, 6.45) is 0.991. The van der Waals surface area contributed by atoms with E-state index in [2.05, 4.69) is 5.32 Å². The zero-order valence-electron chi connectivity index (χ0n) is 12.5. The van der Waals surface area contributed by atoms with E-state index in [9.17, 15) is 29.8 Å². The molecular weight excluding hydrogens is 320 g/mol. The largest absolute Gasteiger partial charge is 0.324 e. The number of nitrogens with zero attached hydrogens (tertiary/aromatic N) is 3. The van der Waals surface area contributed by atoms with Gasteiger partial charge in [-0.05, 0) is 13.0 Å². The summed E-state index contributed by atoms with van der Waals surface area (Å²) in [7, 11) is 0. The van der Waals surface area contributed by atoms with Crippen LogP contribution in [0.15, 0.2) is 41.3 Å². The standard InChI is InChI=1S/C14H12N4O6/c1-9-5-14(20)16(7-12(9)18(23)24)8-13(19)15-10-3-2-4-11(6-10)17(21)22/h2-7H,8H2,1H3,(H,15,19). The molecule has 1 aromatic carbocycles. The van der Waals surface area contributed by atoms with E-state index in [-0.39, 0.29) is 22.6 Å². The molecule has 0 aliphatic rings. The highest BCUT2D eigenvalue weighted by Crippen LogP contribution is 2.17.